The summed E-state index contributed by atoms with van der Waals surface area (Å²) in [4.78, 5) is 27.3. The number of aromatic amines is 1. The van der Waals surface area contributed by atoms with E-state index in [0.29, 0.717) is 16.8 Å². The highest BCUT2D eigenvalue weighted by Gasteiger charge is 2.22. The summed E-state index contributed by atoms with van der Waals surface area (Å²) in [6.07, 6.45) is 5.23. The van der Waals surface area contributed by atoms with Crippen LogP contribution in [-0.2, 0) is 6.54 Å². The molecule has 34 heavy (non-hydrogen) atoms. The second-order valence-electron chi connectivity index (χ2n) is 8.59. The molecule has 172 valence electrons. The highest BCUT2D eigenvalue weighted by molar-refractivity contribution is 5.94. The maximum Gasteiger partial charge on any atom is 0.253 e. The number of benzene rings is 2. The minimum absolute atomic E-state index is 0.127. The van der Waals surface area contributed by atoms with Crippen molar-refractivity contribution in [3.05, 3.63) is 96.2 Å². The second kappa shape index (κ2) is 9.97. The molecule has 1 aliphatic rings. The zero-order valence-electron chi connectivity index (χ0n) is 18.7. The van der Waals surface area contributed by atoms with Gasteiger partial charge in [-0.15, -0.1) is 0 Å². The van der Waals surface area contributed by atoms with E-state index in [9.17, 15) is 9.18 Å². The van der Waals surface area contributed by atoms with Crippen LogP contribution in [0.4, 0.5) is 4.39 Å². The molecule has 0 saturated carbocycles. The van der Waals surface area contributed by atoms with Crippen molar-refractivity contribution in [3.63, 3.8) is 0 Å². The number of piperidine rings is 1. The molecule has 1 amide bonds. The standard InChI is InChI=1S/C27H26FN5O/c28-22-8-4-7-20(15-22)25-10-9-21(16-29-25)27(34)32-23-11-13-33(14-12-23)18-24-17-30-26(31-24)19-5-2-1-3-6-19/h1-10,15-17,23H,11-14,18H2,(H,30,31)(H,32,34). The van der Waals surface area contributed by atoms with Crippen LogP contribution in [0.1, 0.15) is 28.9 Å². The summed E-state index contributed by atoms with van der Waals surface area (Å²) in [5.74, 6) is 0.448. The third-order valence-electron chi connectivity index (χ3n) is 6.14. The SMILES string of the molecule is O=C(NC1CCN(Cc2cnc(-c3ccccc3)[nH]2)CC1)c1ccc(-c2cccc(F)c2)nc1. The first kappa shape index (κ1) is 22.0. The molecule has 0 spiro atoms. The fourth-order valence-electron chi connectivity index (χ4n) is 4.27. The van der Waals surface area contributed by atoms with E-state index in [2.05, 4.69) is 25.2 Å². The summed E-state index contributed by atoms with van der Waals surface area (Å²) >= 11 is 0. The van der Waals surface area contributed by atoms with Crippen LogP contribution in [0, 0.1) is 5.82 Å². The average molecular weight is 456 g/mol. The molecule has 6 nitrogen and oxygen atoms in total. The highest BCUT2D eigenvalue weighted by Crippen LogP contribution is 2.20. The average Bonchev–Trinajstić information content (AvgIpc) is 3.34. The number of nitrogens with zero attached hydrogens (tertiary/aromatic N) is 3. The van der Waals surface area contributed by atoms with Crippen molar-refractivity contribution in [2.24, 2.45) is 0 Å². The Bertz CT molecular complexity index is 1250. The van der Waals surface area contributed by atoms with Crippen molar-refractivity contribution >= 4 is 5.91 Å². The monoisotopic (exact) mass is 455 g/mol. The lowest BCUT2D eigenvalue weighted by Gasteiger charge is -2.32. The van der Waals surface area contributed by atoms with Crippen molar-refractivity contribution in [2.45, 2.75) is 25.4 Å². The molecule has 1 saturated heterocycles. The lowest BCUT2D eigenvalue weighted by Crippen LogP contribution is -2.44. The van der Waals surface area contributed by atoms with Gasteiger partial charge in [-0.05, 0) is 37.1 Å². The van der Waals surface area contributed by atoms with Gasteiger partial charge >= 0.3 is 0 Å². The number of aromatic nitrogens is 3. The molecule has 0 radical (unpaired) electrons. The first-order valence-corrected chi connectivity index (χ1v) is 11.5. The van der Waals surface area contributed by atoms with Gasteiger partial charge in [-0.1, -0.05) is 42.5 Å². The van der Waals surface area contributed by atoms with Gasteiger partial charge in [-0.25, -0.2) is 9.37 Å². The third-order valence-corrected chi connectivity index (χ3v) is 6.14. The number of amides is 1. The number of halogens is 1. The van der Waals surface area contributed by atoms with Crippen LogP contribution in [0.25, 0.3) is 22.6 Å². The Morgan fingerprint density at radius 1 is 0.971 bits per heavy atom. The van der Waals surface area contributed by atoms with E-state index in [0.717, 1.165) is 49.6 Å². The van der Waals surface area contributed by atoms with E-state index in [1.807, 2.05) is 36.5 Å². The molecular formula is C27H26FN5O. The maximum atomic E-state index is 13.4. The molecule has 0 bridgehead atoms. The molecule has 2 aromatic heterocycles. The summed E-state index contributed by atoms with van der Waals surface area (Å²) in [7, 11) is 0. The number of rotatable bonds is 6. The first-order valence-electron chi connectivity index (χ1n) is 11.5. The zero-order valence-corrected chi connectivity index (χ0v) is 18.7. The fourth-order valence-corrected chi connectivity index (χ4v) is 4.27. The summed E-state index contributed by atoms with van der Waals surface area (Å²) in [5.41, 5.74) is 4.00. The molecule has 2 aromatic carbocycles. The van der Waals surface area contributed by atoms with Crippen LogP contribution in [0.2, 0.25) is 0 Å². The smallest absolute Gasteiger partial charge is 0.253 e. The first-order chi connectivity index (χ1) is 16.6. The minimum Gasteiger partial charge on any atom is -0.349 e. The Hall–Kier alpha value is -3.84. The summed E-state index contributed by atoms with van der Waals surface area (Å²) in [6.45, 7) is 2.62. The van der Waals surface area contributed by atoms with Gasteiger partial charge in [-0.2, -0.15) is 0 Å². The van der Waals surface area contributed by atoms with Gasteiger partial charge in [-0.3, -0.25) is 14.7 Å². The van der Waals surface area contributed by atoms with Gasteiger partial charge in [0.25, 0.3) is 5.91 Å². The third kappa shape index (κ3) is 5.21. The molecule has 3 heterocycles. The van der Waals surface area contributed by atoms with Crippen LogP contribution in [0.3, 0.4) is 0 Å². The maximum absolute atomic E-state index is 13.4. The number of likely N-dealkylation sites (tertiary alicyclic amines) is 1. The lowest BCUT2D eigenvalue weighted by molar-refractivity contribution is 0.0908. The van der Waals surface area contributed by atoms with E-state index in [1.54, 1.807) is 30.5 Å². The normalized spacial score (nSPS) is 14.7. The number of hydrogen-bond donors (Lipinski definition) is 2. The zero-order chi connectivity index (χ0) is 23.3. The van der Waals surface area contributed by atoms with Gasteiger partial charge in [0, 0.05) is 54.9 Å². The van der Waals surface area contributed by atoms with E-state index in [-0.39, 0.29) is 17.8 Å². The molecule has 0 aliphatic carbocycles. The van der Waals surface area contributed by atoms with E-state index >= 15 is 0 Å². The van der Waals surface area contributed by atoms with Gasteiger partial charge in [0.1, 0.15) is 11.6 Å². The number of pyridine rings is 1. The summed E-state index contributed by atoms with van der Waals surface area (Å²) in [5, 5.41) is 3.13. The van der Waals surface area contributed by atoms with Crippen LogP contribution in [0.5, 0.6) is 0 Å². The Morgan fingerprint density at radius 2 is 1.76 bits per heavy atom. The Balaban J connectivity index is 1.12. The molecule has 0 atom stereocenters. The van der Waals surface area contributed by atoms with Crippen molar-refractivity contribution in [1.82, 2.24) is 25.2 Å². The van der Waals surface area contributed by atoms with E-state index in [4.69, 9.17) is 0 Å². The molecule has 1 aliphatic heterocycles. The number of carbonyl (C=O) groups is 1. The van der Waals surface area contributed by atoms with Crippen LogP contribution >= 0.6 is 0 Å². The van der Waals surface area contributed by atoms with Gasteiger partial charge < -0.3 is 10.3 Å². The van der Waals surface area contributed by atoms with Gasteiger partial charge in [0.05, 0.1) is 11.3 Å². The topological polar surface area (TPSA) is 73.9 Å². The van der Waals surface area contributed by atoms with Crippen LogP contribution < -0.4 is 5.32 Å². The Kier molecular flexibility index (Phi) is 6.44. The predicted molar refractivity (Wildman–Crippen MR) is 129 cm³/mol. The molecule has 1 fully saturated rings. The summed E-state index contributed by atoms with van der Waals surface area (Å²) < 4.78 is 13.4. The lowest BCUT2D eigenvalue weighted by atomic mass is 10.0. The van der Waals surface area contributed by atoms with E-state index in [1.165, 1.54) is 12.1 Å². The Labute approximate surface area is 197 Å². The quantitative estimate of drug-likeness (QED) is 0.443. The van der Waals surface area contributed by atoms with Gasteiger partial charge in [0.15, 0.2) is 0 Å². The van der Waals surface area contributed by atoms with Crippen molar-refractivity contribution in [1.29, 1.82) is 0 Å². The van der Waals surface area contributed by atoms with Gasteiger partial charge in [0.2, 0.25) is 0 Å². The number of nitrogens with one attached hydrogen (secondary N) is 2. The van der Waals surface area contributed by atoms with Crippen molar-refractivity contribution in [2.75, 3.05) is 13.1 Å². The van der Waals surface area contributed by atoms with E-state index < -0.39 is 0 Å². The molecular weight excluding hydrogens is 429 g/mol. The molecule has 7 heteroatoms. The minimum atomic E-state index is -0.309. The fraction of sp³-hybridized carbons (Fsp3) is 0.222. The predicted octanol–water partition coefficient (Wildman–Crippen LogP) is 4.67. The van der Waals surface area contributed by atoms with Crippen LogP contribution in [-0.4, -0.2) is 44.9 Å². The number of H-pyrrole nitrogens is 1. The van der Waals surface area contributed by atoms with Crippen molar-refractivity contribution in [3.8, 4) is 22.6 Å². The second-order valence-corrected chi connectivity index (χ2v) is 8.59. The Morgan fingerprint density at radius 3 is 2.50 bits per heavy atom. The highest BCUT2D eigenvalue weighted by atomic mass is 19.1. The molecule has 2 N–H and O–H groups in total. The largest absolute Gasteiger partial charge is 0.349 e. The molecule has 0 unspecified atom stereocenters. The molecule has 4 aromatic rings. The number of hydrogen-bond acceptors (Lipinski definition) is 4. The van der Waals surface area contributed by atoms with Crippen molar-refractivity contribution < 1.29 is 9.18 Å². The number of imidazole rings is 1. The summed E-state index contributed by atoms with van der Waals surface area (Å²) in [6, 6.07) is 20.0. The number of carbonyl (C=O) groups excluding carboxylic acids is 1. The van der Waals surface area contributed by atoms with Crippen LogP contribution in [0.15, 0.2) is 79.1 Å². The molecule has 5 rings (SSSR count).